The van der Waals surface area contributed by atoms with E-state index in [4.69, 9.17) is 25.4 Å². The summed E-state index contributed by atoms with van der Waals surface area (Å²) < 4.78 is 17.2. The molecule has 0 radical (unpaired) electrons. The molecule has 2 aromatic rings. The number of ether oxygens (including phenoxy) is 3. The zero-order valence-corrected chi connectivity index (χ0v) is 21.1. The zero-order chi connectivity index (χ0) is 27.7. The van der Waals surface area contributed by atoms with Crippen molar-refractivity contribution in [2.45, 2.75) is 69.4 Å². The van der Waals surface area contributed by atoms with Crippen LogP contribution in [0.1, 0.15) is 71.0 Å². The van der Waals surface area contributed by atoms with E-state index in [0.29, 0.717) is 0 Å². The van der Waals surface area contributed by atoms with Gasteiger partial charge in [0.05, 0.1) is 47.8 Å². The van der Waals surface area contributed by atoms with Gasteiger partial charge in [0.15, 0.2) is 17.9 Å². The van der Waals surface area contributed by atoms with E-state index in [1.807, 2.05) is 0 Å². The Morgan fingerprint density at radius 1 is 1.21 bits per heavy atom. The van der Waals surface area contributed by atoms with E-state index in [0.717, 1.165) is 0 Å². The van der Waals surface area contributed by atoms with Gasteiger partial charge in [0, 0.05) is 42.0 Å². The van der Waals surface area contributed by atoms with Crippen molar-refractivity contribution in [2.75, 3.05) is 7.11 Å². The molecule has 1 heterocycles. The minimum atomic E-state index is -1.97. The Labute approximate surface area is 218 Å². The monoisotopic (exact) mass is 526 g/mol. The molecule has 0 saturated carbocycles. The van der Waals surface area contributed by atoms with Crippen LogP contribution >= 0.6 is 0 Å². The summed E-state index contributed by atoms with van der Waals surface area (Å²) >= 11 is 0. The number of nitrogens with one attached hydrogen (secondary N) is 1. The van der Waals surface area contributed by atoms with Crippen molar-refractivity contribution < 1.29 is 44.2 Å². The summed E-state index contributed by atoms with van der Waals surface area (Å²) in [7, 11) is 1.40. The quantitative estimate of drug-likeness (QED) is 0.269. The van der Waals surface area contributed by atoms with E-state index in [2.05, 4.69) is 0 Å². The van der Waals surface area contributed by atoms with Gasteiger partial charge in [-0.3, -0.25) is 15.0 Å². The Morgan fingerprint density at radius 3 is 2.55 bits per heavy atom. The normalized spacial score (nSPS) is 30.3. The van der Waals surface area contributed by atoms with Gasteiger partial charge in [-0.25, -0.2) is 0 Å². The lowest BCUT2D eigenvalue weighted by molar-refractivity contribution is -0.247. The lowest BCUT2D eigenvalue weighted by Gasteiger charge is -2.42. The first-order chi connectivity index (χ1) is 17.9. The van der Waals surface area contributed by atoms with E-state index < -0.39 is 59.3 Å². The van der Waals surface area contributed by atoms with Crippen LogP contribution in [0.3, 0.4) is 0 Å². The molecule has 2 aromatic carbocycles. The maximum Gasteiger partial charge on any atom is 0.198 e. The van der Waals surface area contributed by atoms with E-state index in [-0.39, 0.29) is 64.1 Å². The highest BCUT2D eigenvalue weighted by Gasteiger charge is 2.49. The minimum absolute atomic E-state index is 0.0316. The molecule has 6 atom stereocenters. The molecule has 3 aliphatic rings. The Bertz CT molecular complexity index is 1360. The van der Waals surface area contributed by atoms with Gasteiger partial charge in [-0.1, -0.05) is 12.1 Å². The molecule has 38 heavy (non-hydrogen) atoms. The minimum Gasteiger partial charge on any atom is -0.507 e. The number of phenolic OH excluding ortho intramolecular Hbond substituents is 2. The van der Waals surface area contributed by atoms with Crippen molar-refractivity contribution in [3.63, 3.8) is 0 Å². The number of methoxy groups -OCH3 is 1. The molecule has 7 N–H and O–H groups in total. The fourth-order valence-corrected chi connectivity index (χ4v) is 5.70. The van der Waals surface area contributed by atoms with Gasteiger partial charge < -0.3 is 40.4 Å². The molecule has 0 amide bonds. The van der Waals surface area contributed by atoms with Crippen molar-refractivity contribution in [2.24, 2.45) is 5.73 Å². The first-order valence-electron chi connectivity index (χ1n) is 12.3. The second kappa shape index (κ2) is 9.14. The van der Waals surface area contributed by atoms with Crippen LogP contribution in [0.15, 0.2) is 18.2 Å². The number of aliphatic hydroxyl groups is 2. The van der Waals surface area contributed by atoms with Gasteiger partial charge in [-0.05, 0) is 19.9 Å². The van der Waals surface area contributed by atoms with Crippen LogP contribution in [0.5, 0.6) is 17.2 Å². The smallest absolute Gasteiger partial charge is 0.198 e. The average molecular weight is 527 g/mol. The lowest BCUT2D eigenvalue weighted by atomic mass is 9.72. The van der Waals surface area contributed by atoms with Crippen molar-refractivity contribution in [3.8, 4) is 17.2 Å². The molecule has 0 spiro atoms. The maximum atomic E-state index is 13.5. The van der Waals surface area contributed by atoms with Crippen molar-refractivity contribution in [3.05, 3.63) is 51.6 Å². The van der Waals surface area contributed by atoms with Gasteiger partial charge in [0.1, 0.15) is 22.8 Å². The first-order valence-corrected chi connectivity index (χ1v) is 12.3. The molecule has 0 bridgehead atoms. The summed E-state index contributed by atoms with van der Waals surface area (Å²) in [6, 6.07) is 3.98. The molecule has 5 rings (SSSR count). The van der Waals surface area contributed by atoms with Crippen molar-refractivity contribution >= 4 is 17.3 Å². The molecule has 11 nitrogen and oxygen atoms in total. The number of nitrogens with two attached hydrogens (primary N) is 1. The average Bonchev–Trinajstić information content (AvgIpc) is 2.87. The first kappa shape index (κ1) is 26.3. The van der Waals surface area contributed by atoms with Crippen LogP contribution in [0.25, 0.3) is 0 Å². The van der Waals surface area contributed by atoms with Crippen LogP contribution in [-0.2, 0) is 20.7 Å². The summed E-state index contributed by atoms with van der Waals surface area (Å²) in [5.74, 6) is -2.01. The molecule has 1 saturated heterocycles. The van der Waals surface area contributed by atoms with E-state index >= 15 is 0 Å². The molecule has 0 unspecified atom stereocenters. The van der Waals surface area contributed by atoms with Gasteiger partial charge in [-0.2, -0.15) is 0 Å². The number of carbonyl (C=O) groups is 2. The maximum absolute atomic E-state index is 13.5. The van der Waals surface area contributed by atoms with Gasteiger partial charge in [0.2, 0.25) is 0 Å². The molecular formula is C27H30N2O9. The third kappa shape index (κ3) is 3.81. The summed E-state index contributed by atoms with van der Waals surface area (Å²) in [6.07, 6.45) is -4.30. The highest BCUT2D eigenvalue weighted by Crippen LogP contribution is 2.52. The number of benzene rings is 2. The number of hydrogen-bond acceptors (Lipinski definition) is 11. The number of hydrogen-bond donors (Lipinski definition) is 6. The van der Waals surface area contributed by atoms with Gasteiger partial charge in [0.25, 0.3) is 0 Å². The number of ketones is 2. The number of rotatable bonds is 4. The van der Waals surface area contributed by atoms with Crippen LogP contribution in [-0.4, -0.2) is 75.0 Å². The van der Waals surface area contributed by atoms with Crippen molar-refractivity contribution in [1.82, 2.24) is 0 Å². The number of Topliss-reactive ketones (excluding diaryl/α,β-unsaturated/α-hetero) is 1. The molecule has 0 aromatic heterocycles. The summed E-state index contributed by atoms with van der Waals surface area (Å²) in [6.45, 7) is 2.82. The Morgan fingerprint density at radius 2 is 1.92 bits per heavy atom. The van der Waals surface area contributed by atoms with Crippen LogP contribution in [0.2, 0.25) is 0 Å². The van der Waals surface area contributed by atoms with Crippen LogP contribution < -0.4 is 10.5 Å². The highest BCUT2D eigenvalue weighted by molar-refractivity contribution is 6.32. The van der Waals surface area contributed by atoms with E-state index in [1.165, 1.54) is 20.1 Å². The number of phenols is 2. The van der Waals surface area contributed by atoms with E-state index in [1.54, 1.807) is 19.1 Å². The Balaban J connectivity index is 1.68. The standard InChI is InChI=1S/C27H30N2O9/c1-10-23(31)14(28)7-17(37-10)38-16-9-27(35,11(2)30)8-13-19(16)26(34)20-21(25(13)33)24(32)12-5-4-6-15(36-3)18(12)22(20)29/h4-6,10,14,16-17,23,29,31,33-35H,7-9,28H2,1-3H3/t10-,14-,16-,17-,23-,27+/m0/s1. The summed E-state index contributed by atoms with van der Waals surface area (Å²) in [5.41, 5.74) is 3.62. The second-order valence-electron chi connectivity index (χ2n) is 10.2. The fraction of sp³-hybridized carbons (Fsp3) is 0.444. The SMILES string of the molecule is COc1cccc2c1C(=N)c1c(O)c3c(c(O)c1C2=O)C[C@](O)(C(C)=O)C[C@@H]3O[C@H]1C[C@H](N)[C@@H](O)[C@H](C)O1. The zero-order valence-electron chi connectivity index (χ0n) is 21.1. The Hall–Kier alpha value is -3.35. The van der Waals surface area contributed by atoms with E-state index in [9.17, 15) is 30.0 Å². The fourth-order valence-electron chi connectivity index (χ4n) is 5.70. The highest BCUT2D eigenvalue weighted by atomic mass is 16.7. The lowest BCUT2D eigenvalue weighted by Crippen LogP contribution is -2.52. The number of aromatic hydroxyl groups is 2. The van der Waals surface area contributed by atoms with Gasteiger partial charge >= 0.3 is 0 Å². The molecule has 1 aliphatic heterocycles. The third-order valence-electron chi connectivity index (χ3n) is 7.84. The van der Waals surface area contributed by atoms with Crippen molar-refractivity contribution in [1.29, 1.82) is 5.41 Å². The predicted octanol–water partition coefficient (Wildman–Crippen LogP) is 1.21. The van der Waals surface area contributed by atoms with Crippen LogP contribution in [0, 0.1) is 5.41 Å². The summed E-state index contributed by atoms with van der Waals surface area (Å²) in [5, 5.41) is 53.2. The molecule has 2 aliphatic carbocycles. The summed E-state index contributed by atoms with van der Waals surface area (Å²) in [4.78, 5) is 26.0. The Kier molecular flexibility index (Phi) is 6.32. The topological polar surface area (TPSA) is 193 Å². The number of carbonyl (C=O) groups excluding carboxylic acids is 2. The largest absolute Gasteiger partial charge is 0.507 e. The third-order valence-corrected chi connectivity index (χ3v) is 7.84. The molecule has 202 valence electrons. The number of fused-ring (bicyclic) bond motifs is 3. The second-order valence-corrected chi connectivity index (χ2v) is 10.2. The number of aliphatic hydroxyl groups excluding tert-OH is 1. The van der Waals surface area contributed by atoms with Crippen LogP contribution in [0.4, 0.5) is 0 Å². The predicted molar refractivity (Wildman–Crippen MR) is 133 cm³/mol. The molecule has 11 heteroatoms. The molecule has 1 fully saturated rings. The molecular weight excluding hydrogens is 496 g/mol. The van der Waals surface area contributed by atoms with Gasteiger partial charge in [-0.15, -0.1) is 0 Å².